The van der Waals surface area contributed by atoms with Crippen molar-refractivity contribution < 1.29 is 24.2 Å². The van der Waals surface area contributed by atoms with Gasteiger partial charge in [0.2, 0.25) is 5.91 Å². The molecule has 1 heterocycles. The molecule has 0 aromatic heterocycles. The second-order valence-electron chi connectivity index (χ2n) is 5.31. The molecule has 120 valence electrons. The number of hydrogen-bond donors (Lipinski definition) is 2. The van der Waals surface area contributed by atoms with Gasteiger partial charge in [-0.25, -0.2) is 4.79 Å². The lowest BCUT2D eigenvalue weighted by molar-refractivity contribution is -0.142. The van der Waals surface area contributed by atoms with Crippen LogP contribution in [0.3, 0.4) is 0 Å². The van der Waals surface area contributed by atoms with Gasteiger partial charge in [0, 0.05) is 33.8 Å². The van der Waals surface area contributed by atoms with Crippen molar-refractivity contribution >= 4 is 17.9 Å². The Morgan fingerprint density at radius 2 is 2.05 bits per heavy atom. The molecule has 3 amide bonds. The summed E-state index contributed by atoms with van der Waals surface area (Å²) < 4.78 is 4.81. The van der Waals surface area contributed by atoms with E-state index in [0.29, 0.717) is 19.7 Å². The van der Waals surface area contributed by atoms with E-state index >= 15 is 0 Å². The van der Waals surface area contributed by atoms with E-state index in [1.807, 2.05) is 6.92 Å². The highest BCUT2D eigenvalue weighted by Crippen LogP contribution is 2.23. The lowest BCUT2D eigenvalue weighted by Gasteiger charge is -2.24. The Morgan fingerprint density at radius 1 is 1.38 bits per heavy atom. The maximum atomic E-state index is 12.2. The molecule has 0 saturated carbocycles. The van der Waals surface area contributed by atoms with E-state index in [9.17, 15) is 14.4 Å². The van der Waals surface area contributed by atoms with Crippen molar-refractivity contribution in [1.82, 2.24) is 15.1 Å². The first kappa shape index (κ1) is 17.2. The van der Waals surface area contributed by atoms with Crippen molar-refractivity contribution in [1.29, 1.82) is 0 Å². The molecule has 2 atom stereocenters. The largest absolute Gasteiger partial charge is 0.481 e. The minimum atomic E-state index is -0.891. The molecule has 0 aromatic carbocycles. The number of rotatable bonds is 6. The molecule has 0 bridgehead atoms. The SMILES string of the molecule is COCCNC(=O)CN(C)C(=O)N1CC(C)C(C(=O)O)C1. The number of likely N-dealkylation sites (tertiary alicyclic amines) is 1. The van der Waals surface area contributed by atoms with Crippen LogP contribution in [0.25, 0.3) is 0 Å². The summed E-state index contributed by atoms with van der Waals surface area (Å²) in [6, 6.07) is -0.326. The molecule has 2 N–H and O–H groups in total. The topological polar surface area (TPSA) is 99.2 Å². The number of carboxylic acid groups (broad SMARTS) is 1. The van der Waals surface area contributed by atoms with Crippen LogP contribution in [0.4, 0.5) is 4.79 Å². The van der Waals surface area contributed by atoms with Crippen LogP contribution in [0.2, 0.25) is 0 Å². The fraction of sp³-hybridized carbons (Fsp3) is 0.769. The number of urea groups is 1. The number of carbonyl (C=O) groups is 3. The fourth-order valence-corrected chi connectivity index (χ4v) is 2.32. The van der Waals surface area contributed by atoms with Crippen LogP contribution < -0.4 is 5.32 Å². The van der Waals surface area contributed by atoms with Gasteiger partial charge < -0.3 is 25.0 Å². The molecule has 1 rings (SSSR count). The zero-order valence-corrected chi connectivity index (χ0v) is 12.7. The Morgan fingerprint density at radius 3 is 2.57 bits per heavy atom. The molecule has 0 aliphatic carbocycles. The van der Waals surface area contributed by atoms with Crippen molar-refractivity contribution in [2.24, 2.45) is 11.8 Å². The second-order valence-corrected chi connectivity index (χ2v) is 5.31. The second kappa shape index (κ2) is 7.82. The summed E-state index contributed by atoms with van der Waals surface area (Å²) >= 11 is 0. The lowest BCUT2D eigenvalue weighted by atomic mass is 9.99. The standard InChI is InChI=1S/C13H23N3O5/c1-9-6-16(7-10(9)12(18)19)13(20)15(2)8-11(17)14-4-5-21-3/h9-10H,4-8H2,1-3H3,(H,14,17)(H,18,19). The highest BCUT2D eigenvalue weighted by molar-refractivity contribution is 5.84. The van der Waals surface area contributed by atoms with Gasteiger partial charge in [0.1, 0.15) is 6.54 Å². The number of ether oxygens (including phenoxy) is 1. The van der Waals surface area contributed by atoms with Gasteiger partial charge >= 0.3 is 12.0 Å². The van der Waals surface area contributed by atoms with E-state index in [1.165, 1.54) is 24.0 Å². The Bertz CT molecular complexity index is 401. The predicted octanol–water partition coefficient (Wildman–Crippen LogP) is -0.547. The summed E-state index contributed by atoms with van der Waals surface area (Å²) in [5, 5.41) is 11.7. The van der Waals surface area contributed by atoms with E-state index in [0.717, 1.165) is 0 Å². The first-order chi connectivity index (χ1) is 9.86. The quantitative estimate of drug-likeness (QED) is 0.642. The number of carbonyl (C=O) groups excluding carboxylic acids is 2. The van der Waals surface area contributed by atoms with Crippen molar-refractivity contribution in [3.8, 4) is 0 Å². The Kier molecular flexibility index (Phi) is 6.41. The van der Waals surface area contributed by atoms with Crippen LogP contribution in [0.1, 0.15) is 6.92 Å². The van der Waals surface area contributed by atoms with Gasteiger partial charge in [-0.1, -0.05) is 6.92 Å². The van der Waals surface area contributed by atoms with Crippen LogP contribution >= 0.6 is 0 Å². The monoisotopic (exact) mass is 301 g/mol. The van der Waals surface area contributed by atoms with Crippen molar-refractivity contribution in [2.45, 2.75) is 6.92 Å². The van der Waals surface area contributed by atoms with E-state index in [-0.39, 0.29) is 30.9 Å². The van der Waals surface area contributed by atoms with Gasteiger partial charge in [-0.15, -0.1) is 0 Å². The summed E-state index contributed by atoms with van der Waals surface area (Å²) in [7, 11) is 3.06. The van der Waals surface area contributed by atoms with Crippen LogP contribution in [-0.2, 0) is 14.3 Å². The number of nitrogens with one attached hydrogen (secondary N) is 1. The number of carboxylic acids is 1. The van der Waals surface area contributed by atoms with Gasteiger partial charge in [-0.3, -0.25) is 9.59 Å². The highest BCUT2D eigenvalue weighted by atomic mass is 16.5. The molecule has 1 aliphatic heterocycles. The summed E-state index contributed by atoms with van der Waals surface area (Å²) in [4.78, 5) is 37.6. The average molecular weight is 301 g/mol. The minimum Gasteiger partial charge on any atom is -0.481 e. The van der Waals surface area contributed by atoms with Crippen molar-refractivity contribution in [2.75, 3.05) is 46.9 Å². The number of aliphatic carboxylic acids is 1. The normalized spacial score (nSPS) is 21.2. The summed E-state index contributed by atoms with van der Waals surface area (Å²) in [6.07, 6.45) is 0. The minimum absolute atomic E-state index is 0.0643. The van der Waals surface area contributed by atoms with Gasteiger partial charge in [0.15, 0.2) is 0 Å². The van der Waals surface area contributed by atoms with Gasteiger partial charge in [0.05, 0.1) is 12.5 Å². The van der Waals surface area contributed by atoms with E-state index in [1.54, 1.807) is 0 Å². The average Bonchev–Trinajstić information content (AvgIpc) is 2.80. The molecule has 1 saturated heterocycles. The molecule has 21 heavy (non-hydrogen) atoms. The Hall–Kier alpha value is -1.83. The Balaban J connectivity index is 2.44. The molecule has 0 aromatic rings. The molecule has 8 heteroatoms. The summed E-state index contributed by atoms with van der Waals surface area (Å²) in [5.74, 6) is -1.80. The molecule has 0 radical (unpaired) electrons. The molecule has 1 fully saturated rings. The van der Waals surface area contributed by atoms with Crippen LogP contribution in [0.15, 0.2) is 0 Å². The predicted molar refractivity (Wildman–Crippen MR) is 74.8 cm³/mol. The van der Waals surface area contributed by atoms with E-state index < -0.39 is 11.9 Å². The molecule has 1 aliphatic rings. The number of methoxy groups -OCH3 is 1. The van der Waals surface area contributed by atoms with Gasteiger partial charge in [0.25, 0.3) is 0 Å². The van der Waals surface area contributed by atoms with Crippen LogP contribution in [0.5, 0.6) is 0 Å². The van der Waals surface area contributed by atoms with Crippen LogP contribution in [-0.4, -0.2) is 79.8 Å². The van der Waals surface area contributed by atoms with Crippen molar-refractivity contribution in [3.63, 3.8) is 0 Å². The first-order valence-electron chi connectivity index (χ1n) is 6.85. The van der Waals surface area contributed by atoms with Gasteiger partial charge in [-0.05, 0) is 5.92 Å². The van der Waals surface area contributed by atoms with E-state index in [4.69, 9.17) is 9.84 Å². The maximum Gasteiger partial charge on any atom is 0.320 e. The maximum absolute atomic E-state index is 12.2. The fourth-order valence-electron chi connectivity index (χ4n) is 2.32. The third-order valence-corrected chi connectivity index (χ3v) is 3.54. The summed E-state index contributed by atoms with van der Waals surface area (Å²) in [6.45, 7) is 3.12. The zero-order valence-electron chi connectivity index (χ0n) is 12.7. The van der Waals surface area contributed by atoms with E-state index in [2.05, 4.69) is 5.32 Å². The van der Waals surface area contributed by atoms with Gasteiger partial charge in [-0.2, -0.15) is 0 Å². The number of hydrogen-bond acceptors (Lipinski definition) is 4. The van der Waals surface area contributed by atoms with Crippen molar-refractivity contribution in [3.05, 3.63) is 0 Å². The number of likely N-dealkylation sites (N-methyl/N-ethyl adjacent to an activating group) is 1. The number of amides is 3. The molecule has 2 unspecified atom stereocenters. The first-order valence-corrected chi connectivity index (χ1v) is 6.85. The third kappa shape index (κ3) is 4.89. The summed E-state index contributed by atoms with van der Waals surface area (Å²) in [5.41, 5.74) is 0. The lowest BCUT2D eigenvalue weighted by Crippen LogP contribution is -2.45. The molecular formula is C13H23N3O5. The smallest absolute Gasteiger partial charge is 0.320 e. The highest BCUT2D eigenvalue weighted by Gasteiger charge is 2.37. The molecule has 8 nitrogen and oxygen atoms in total. The third-order valence-electron chi connectivity index (χ3n) is 3.54. The Labute approximate surface area is 124 Å². The molecule has 0 spiro atoms. The van der Waals surface area contributed by atoms with Crippen LogP contribution in [0, 0.1) is 11.8 Å². The molecular weight excluding hydrogens is 278 g/mol. The number of nitrogens with zero attached hydrogens (tertiary/aromatic N) is 2. The zero-order chi connectivity index (χ0) is 16.0.